The molecule has 3 nitrogen and oxygen atoms in total. The summed E-state index contributed by atoms with van der Waals surface area (Å²) in [5.41, 5.74) is 1.27. The van der Waals surface area contributed by atoms with Gasteiger partial charge in [-0.1, -0.05) is 36.4 Å². The van der Waals surface area contributed by atoms with Gasteiger partial charge in [0.2, 0.25) is 0 Å². The first-order valence-corrected chi connectivity index (χ1v) is 8.94. The van der Waals surface area contributed by atoms with Crippen molar-refractivity contribution in [1.82, 2.24) is 10.6 Å². The lowest BCUT2D eigenvalue weighted by atomic mass is 10.1. The molecule has 0 spiro atoms. The summed E-state index contributed by atoms with van der Waals surface area (Å²) in [4.78, 5) is 4.31. The third-order valence-electron chi connectivity index (χ3n) is 4.02. The third kappa shape index (κ3) is 5.28. The number of nitrogens with zero attached hydrogens (tertiary/aromatic N) is 1. The topological polar surface area (TPSA) is 36.4 Å². The van der Waals surface area contributed by atoms with Gasteiger partial charge in [0.05, 0.1) is 0 Å². The van der Waals surface area contributed by atoms with E-state index in [9.17, 15) is 0 Å². The van der Waals surface area contributed by atoms with Crippen LogP contribution in [0.1, 0.15) is 18.4 Å². The first-order valence-electron chi connectivity index (χ1n) is 7.89. The smallest absolute Gasteiger partial charge is 0.191 e. The Bertz CT molecular complexity index is 654. The van der Waals surface area contributed by atoms with Gasteiger partial charge in [-0.3, -0.25) is 4.99 Å². The summed E-state index contributed by atoms with van der Waals surface area (Å²) in [6, 6.07) is 15.1. The molecule has 5 heteroatoms. The Morgan fingerprint density at radius 3 is 2.74 bits per heavy atom. The first kappa shape index (κ1) is 18.4. The number of hydrogen-bond acceptors (Lipinski definition) is 2. The van der Waals surface area contributed by atoms with Crippen molar-refractivity contribution in [3.05, 3.63) is 48.0 Å². The fraction of sp³-hybridized carbons (Fsp3) is 0.389. The Balaban J connectivity index is 0.00000192. The highest BCUT2D eigenvalue weighted by atomic mass is 127. The van der Waals surface area contributed by atoms with E-state index in [1.165, 1.54) is 34.9 Å². The van der Waals surface area contributed by atoms with Crippen molar-refractivity contribution in [2.75, 3.05) is 19.3 Å². The molecule has 2 aromatic carbocycles. The molecule has 1 saturated heterocycles. The van der Waals surface area contributed by atoms with Gasteiger partial charge in [-0.25, -0.2) is 0 Å². The average Bonchev–Trinajstić information content (AvgIpc) is 3.08. The van der Waals surface area contributed by atoms with E-state index < -0.39 is 0 Å². The molecule has 1 atom stereocenters. The fourth-order valence-corrected chi connectivity index (χ4v) is 3.97. The molecule has 1 unspecified atom stereocenters. The van der Waals surface area contributed by atoms with Gasteiger partial charge >= 0.3 is 0 Å². The number of aliphatic imine (C=N–C) groups is 1. The highest BCUT2D eigenvalue weighted by Gasteiger charge is 2.15. The van der Waals surface area contributed by atoms with E-state index in [-0.39, 0.29) is 24.0 Å². The maximum atomic E-state index is 4.31. The van der Waals surface area contributed by atoms with E-state index in [4.69, 9.17) is 0 Å². The molecule has 23 heavy (non-hydrogen) atoms. The van der Waals surface area contributed by atoms with Crippen molar-refractivity contribution in [2.24, 2.45) is 4.99 Å². The Labute approximate surface area is 159 Å². The summed E-state index contributed by atoms with van der Waals surface area (Å²) < 4.78 is 0. The molecule has 1 heterocycles. The zero-order valence-electron chi connectivity index (χ0n) is 13.4. The minimum Gasteiger partial charge on any atom is -0.355 e. The number of rotatable bonds is 4. The summed E-state index contributed by atoms with van der Waals surface area (Å²) in [7, 11) is 1.83. The second-order valence-electron chi connectivity index (χ2n) is 5.62. The largest absolute Gasteiger partial charge is 0.355 e. The Morgan fingerprint density at radius 2 is 2.00 bits per heavy atom. The number of thioether (sulfide) groups is 1. The van der Waals surface area contributed by atoms with Gasteiger partial charge in [-0.05, 0) is 41.0 Å². The second-order valence-corrected chi connectivity index (χ2v) is 7.03. The number of hydrogen-bond donors (Lipinski definition) is 2. The van der Waals surface area contributed by atoms with Crippen molar-refractivity contribution in [1.29, 1.82) is 0 Å². The second kappa shape index (κ2) is 9.37. The molecule has 1 fully saturated rings. The maximum Gasteiger partial charge on any atom is 0.191 e. The number of halogens is 1. The van der Waals surface area contributed by atoms with Crippen LogP contribution in [0.2, 0.25) is 0 Å². The van der Waals surface area contributed by atoms with Gasteiger partial charge < -0.3 is 10.6 Å². The molecular weight excluding hydrogens is 417 g/mol. The fourth-order valence-electron chi connectivity index (χ4n) is 2.77. The van der Waals surface area contributed by atoms with Crippen LogP contribution in [-0.2, 0) is 6.54 Å². The molecule has 0 aliphatic carbocycles. The molecular formula is C18H24IN3S. The van der Waals surface area contributed by atoms with Crippen molar-refractivity contribution in [2.45, 2.75) is 24.6 Å². The van der Waals surface area contributed by atoms with Crippen molar-refractivity contribution in [3.63, 3.8) is 0 Å². The quantitative estimate of drug-likeness (QED) is 0.428. The van der Waals surface area contributed by atoms with Crippen LogP contribution >= 0.6 is 35.7 Å². The lowest BCUT2D eigenvalue weighted by Gasteiger charge is -2.15. The van der Waals surface area contributed by atoms with Crippen molar-refractivity contribution < 1.29 is 0 Å². The number of nitrogens with one attached hydrogen (secondary N) is 2. The highest BCUT2D eigenvalue weighted by molar-refractivity contribution is 14.0. The monoisotopic (exact) mass is 441 g/mol. The summed E-state index contributed by atoms with van der Waals surface area (Å²) in [5, 5.41) is 10.1. The summed E-state index contributed by atoms with van der Waals surface area (Å²) in [6.07, 6.45) is 2.67. The summed E-state index contributed by atoms with van der Waals surface area (Å²) >= 11 is 2.07. The van der Waals surface area contributed by atoms with Crippen LogP contribution in [0.15, 0.2) is 47.5 Å². The Hall–Kier alpha value is -0.950. The summed E-state index contributed by atoms with van der Waals surface area (Å²) in [6.45, 7) is 1.80. The van der Waals surface area contributed by atoms with E-state index in [0.29, 0.717) is 0 Å². The Kier molecular flexibility index (Phi) is 7.49. The van der Waals surface area contributed by atoms with Gasteiger partial charge in [-0.15, -0.1) is 24.0 Å². The molecule has 0 aromatic heterocycles. The molecule has 2 aromatic rings. The standard InChI is InChI=1S/C18H23N3S.HI/c1-19-18(21-13-17-7-4-10-22-17)20-12-14-8-9-15-5-2-3-6-16(15)11-14;/h2-3,5-6,8-9,11,17H,4,7,10,12-13H2,1H3,(H2,19,20,21);1H. The van der Waals surface area contributed by atoms with Crippen LogP contribution in [0.5, 0.6) is 0 Å². The van der Waals surface area contributed by atoms with Crippen LogP contribution in [0.3, 0.4) is 0 Å². The third-order valence-corrected chi connectivity index (χ3v) is 5.42. The van der Waals surface area contributed by atoms with E-state index in [1.54, 1.807) is 0 Å². The lowest BCUT2D eigenvalue weighted by Crippen LogP contribution is -2.39. The normalized spacial score (nSPS) is 17.8. The predicted octanol–water partition coefficient (Wildman–Crippen LogP) is 4.02. The van der Waals surface area contributed by atoms with Crippen LogP contribution in [0.4, 0.5) is 0 Å². The highest BCUT2D eigenvalue weighted by Crippen LogP contribution is 2.25. The Morgan fingerprint density at radius 1 is 1.17 bits per heavy atom. The van der Waals surface area contributed by atoms with E-state index in [0.717, 1.165) is 24.3 Å². The minimum atomic E-state index is 0. The van der Waals surface area contributed by atoms with Crippen LogP contribution in [-0.4, -0.2) is 30.6 Å². The van der Waals surface area contributed by atoms with Gasteiger partial charge in [-0.2, -0.15) is 11.8 Å². The molecule has 0 amide bonds. The van der Waals surface area contributed by atoms with Gasteiger partial charge in [0.25, 0.3) is 0 Å². The van der Waals surface area contributed by atoms with Crippen LogP contribution in [0.25, 0.3) is 10.8 Å². The van der Waals surface area contributed by atoms with Crippen molar-refractivity contribution >= 4 is 52.5 Å². The van der Waals surface area contributed by atoms with Crippen molar-refractivity contribution in [3.8, 4) is 0 Å². The zero-order valence-corrected chi connectivity index (χ0v) is 16.6. The van der Waals surface area contributed by atoms with Crippen LogP contribution in [0, 0.1) is 0 Å². The number of fused-ring (bicyclic) bond motifs is 1. The molecule has 1 aliphatic rings. The average molecular weight is 441 g/mol. The number of benzene rings is 2. The molecule has 124 valence electrons. The first-order chi connectivity index (χ1) is 10.8. The van der Waals surface area contributed by atoms with E-state index in [1.807, 2.05) is 7.05 Å². The molecule has 0 saturated carbocycles. The SMILES string of the molecule is CN=C(NCc1ccc2ccccc2c1)NCC1CCCS1.I. The molecule has 2 N–H and O–H groups in total. The van der Waals surface area contributed by atoms with Gasteiger partial charge in [0.15, 0.2) is 5.96 Å². The van der Waals surface area contributed by atoms with Gasteiger partial charge in [0, 0.05) is 25.4 Å². The molecule has 0 bridgehead atoms. The van der Waals surface area contributed by atoms with E-state index in [2.05, 4.69) is 69.9 Å². The summed E-state index contributed by atoms with van der Waals surface area (Å²) in [5.74, 6) is 2.19. The molecule has 0 radical (unpaired) electrons. The van der Waals surface area contributed by atoms with Crippen LogP contribution < -0.4 is 10.6 Å². The number of guanidine groups is 1. The molecule has 1 aliphatic heterocycles. The maximum absolute atomic E-state index is 4.31. The molecule has 3 rings (SSSR count). The lowest BCUT2D eigenvalue weighted by molar-refractivity contribution is 0.726. The zero-order chi connectivity index (χ0) is 15.2. The van der Waals surface area contributed by atoms with E-state index >= 15 is 0 Å². The minimum absolute atomic E-state index is 0. The predicted molar refractivity (Wildman–Crippen MR) is 113 cm³/mol. The van der Waals surface area contributed by atoms with Gasteiger partial charge in [0.1, 0.15) is 0 Å².